The summed E-state index contributed by atoms with van der Waals surface area (Å²) in [5.41, 5.74) is 0.870. The van der Waals surface area contributed by atoms with Gasteiger partial charge < -0.3 is 14.4 Å². The van der Waals surface area contributed by atoms with Gasteiger partial charge in [0.1, 0.15) is 12.3 Å². The van der Waals surface area contributed by atoms with E-state index in [1.165, 1.54) is 13.3 Å². The van der Waals surface area contributed by atoms with Crippen molar-refractivity contribution in [1.29, 1.82) is 0 Å². The molecule has 0 atom stereocenters. The number of hydrogen-bond donors (Lipinski definition) is 1. The molecule has 0 unspecified atom stereocenters. The van der Waals surface area contributed by atoms with Crippen LogP contribution in [-0.2, 0) is 20.9 Å². The predicted molar refractivity (Wildman–Crippen MR) is 73.5 cm³/mol. The lowest BCUT2D eigenvalue weighted by atomic mass is 10.2. The van der Waals surface area contributed by atoms with E-state index in [2.05, 4.69) is 10.1 Å². The Labute approximate surface area is 118 Å². The maximum Gasteiger partial charge on any atom is 0.412 e. The number of amides is 1. The van der Waals surface area contributed by atoms with Crippen LogP contribution in [0, 0.1) is 0 Å². The fraction of sp³-hybridized carbons (Fsp3) is 0.286. The average Bonchev–Trinajstić information content (AvgIpc) is 2.44. The number of ether oxygens (including phenoxy) is 2. The number of carbonyl (C=O) groups is 2. The van der Waals surface area contributed by atoms with Gasteiger partial charge in [0, 0.05) is 20.3 Å². The van der Waals surface area contributed by atoms with E-state index in [-0.39, 0.29) is 12.3 Å². The Kier molecular flexibility index (Phi) is 6.09. The summed E-state index contributed by atoms with van der Waals surface area (Å²) in [7, 11) is 4.68. The quantitative estimate of drug-likeness (QED) is 0.653. The van der Waals surface area contributed by atoms with E-state index < -0.39 is 12.1 Å². The minimum atomic E-state index is -0.715. The van der Waals surface area contributed by atoms with Crippen molar-refractivity contribution >= 4 is 12.1 Å². The molecule has 0 aliphatic carbocycles. The molecule has 6 nitrogen and oxygen atoms in total. The Balaban J connectivity index is 2.56. The van der Waals surface area contributed by atoms with Crippen molar-refractivity contribution in [2.24, 2.45) is 0 Å². The number of esters is 1. The Morgan fingerprint density at radius 1 is 1.25 bits per heavy atom. The molecule has 0 bridgehead atoms. The van der Waals surface area contributed by atoms with Crippen molar-refractivity contribution in [2.45, 2.75) is 6.61 Å². The van der Waals surface area contributed by atoms with Gasteiger partial charge >= 0.3 is 12.1 Å². The van der Waals surface area contributed by atoms with Gasteiger partial charge in [-0.25, -0.2) is 9.59 Å². The molecule has 1 N–H and O–H groups in total. The summed E-state index contributed by atoms with van der Waals surface area (Å²) in [6.07, 6.45) is 0.725. The number of methoxy groups -OCH3 is 1. The smallest absolute Gasteiger partial charge is 0.412 e. The van der Waals surface area contributed by atoms with Gasteiger partial charge in [0.15, 0.2) is 0 Å². The van der Waals surface area contributed by atoms with Crippen molar-refractivity contribution in [3.05, 3.63) is 47.8 Å². The zero-order chi connectivity index (χ0) is 15.0. The van der Waals surface area contributed by atoms with Crippen molar-refractivity contribution in [3.8, 4) is 0 Å². The van der Waals surface area contributed by atoms with Crippen LogP contribution in [0.5, 0.6) is 0 Å². The number of benzene rings is 1. The Morgan fingerprint density at radius 3 is 2.45 bits per heavy atom. The molecule has 1 aromatic carbocycles. The largest absolute Gasteiger partial charge is 0.464 e. The summed E-state index contributed by atoms with van der Waals surface area (Å²) in [5.74, 6) is -0.643. The van der Waals surface area contributed by atoms with Crippen LogP contribution >= 0.6 is 0 Å². The second-order valence-corrected chi connectivity index (χ2v) is 4.18. The lowest BCUT2D eigenvalue weighted by Gasteiger charge is -2.12. The number of alkyl carbamates (subject to hydrolysis) is 1. The molecule has 0 saturated carbocycles. The number of rotatable bonds is 5. The lowest BCUT2D eigenvalue weighted by Crippen LogP contribution is -2.30. The zero-order valence-electron chi connectivity index (χ0n) is 11.8. The predicted octanol–water partition coefficient (Wildman–Crippen LogP) is 1.49. The van der Waals surface area contributed by atoms with Crippen LogP contribution in [0.4, 0.5) is 4.79 Å². The number of nitrogens with one attached hydrogen (secondary N) is 1. The minimum absolute atomic E-state index is 0.00978. The molecular formula is C14H18N2O4. The molecular weight excluding hydrogens is 260 g/mol. The van der Waals surface area contributed by atoms with Gasteiger partial charge in [0.05, 0.1) is 7.11 Å². The molecule has 6 heteroatoms. The highest BCUT2D eigenvalue weighted by molar-refractivity contribution is 5.91. The highest BCUT2D eigenvalue weighted by atomic mass is 16.6. The van der Waals surface area contributed by atoms with Crippen molar-refractivity contribution in [1.82, 2.24) is 10.2 Å². The van der Waals surface area contributed by atoms with Gasteiger partial charge in [-0.1, -0.05) is 30.3 Å². The zero-order valence-corrected chi connectivity index (χ0v) is 11.8. The first-order valence-electron chi connectivity index (χ1n) is 5.97. The summed E-state index contributed by atoms with van der Waals surface area (Å²) in [6.45, 7) is 0.128. The highest BCUT2D eigenvalue weighted by Crippen LogP contribution is 2.02. The van der Waals surface area contributed by atoms with Gasteiger partial charge in [-0.2, -0.15) is 0 Å². The normalized spacial score (nSPS) is 10.7. The van der Waals surface area contributed by atoms with E-state index >= 15 is 0 Å². The average molecular weight is 278 g/mol. The number of nitrogens with zero attached hydrogens (tertiary/aromatic N) is 1. The van der Waals surface area contributed by atoms with Crippen molar-refractivity contribution < 1.29 is 19.1 Å². The van der Waals surface area contributed by atoms with Gasteiger partial charge in [-0.15, -0.1) is 0 Å². The molecule has 0 radical (unpaired) electrons. The van der Waals surface area contributed by atoms with Gasteiger partial charge in [0.2, 0.25) is 0 Å². The van der Waals surface area contributed by atoms with Crippen molar-refractivity contribution in [2.75, 3.05) is 21.2 Å². The Morgan fingerprint density at radius 2 is 1.90 bits per heavy atom. The molecule has 108 valence electrons. The fourth-order valence-corrected chi connectivity index (χ4v) is 1.37. The first-order valence-corrected chi connectivity index (χ1v) is 5.97. The van der Waals surface area contributed by atoms with E-state index in [0.717, 1.165) is 5.56 Å². The van der Waals surface area contributed by atoms with Gasteiger partial charge in [-0.05, 0) is 5.56 Å². The van der Waals surface area contributed by atoms with Gasteiger partial charge in [0.25, 0.3) is 0 Å². The van der Waals surface area contributed by atoms with Crippen LogP contribution in [-0.4, -0.2) is 38.2 Å². The van der Waals surface area contributed by atoms with Crippen LogP contribution in [0.1, 0.15) is 5.56 Å². The Hall–Kier alpha value is -2.50. The molecule has 1 rings (SSSR count). The molecule has 1 aromatic rings. The number of carbonyl (C=O) groups excluding carboxylic acids is 2. The molecule has 0 aliphatic heterocycles. The second kappa shape index (κ2) is 7.83. The summed E-state index contributed by atoms with van der Waals surface area (Å²) in [6, 6.07) is 9.25. The van der Waals surface area contributed by atoms with E-state index in [1.807, 2.05) is 30.3 Å². The molecule has 20 heavy (non-hydrogen) atoms. The van der Waals surface area contributed by atoms with Crippen LogP contribution in [0.25, 0.3) is 0 Å². The first-order chi connectivity index (χ1) is 9.52. The Bertz CT molecular complexity index is 483. The third kappa shape index (κ3) is 5.43. The van der Waals surface area contributed by atoms with E-state index in [9.17, 15) is 9.59 Å². The van der Waals surface area contributed by atoms with E-state index in [1.54, 1.807) is 19.0 Å². The standard InChI is InChI=1S/C14H18N2O4/c1-16(2)9-12(13(17)19-3)15-14(18)20-10-11-7-5-4-6-8-11/h4-9H,10H2,1-3H3,(H,15,18)/b12-9-. The fourth-order valence-electron chi connectivity index (χ4n) is 1.37. The molecule has 0 heterocycles. The third-order valence-corrected chi connectivity index (χ3v) is 2.24. The third-order valence-electron chi connectivity index (χ3n) is 2.24. The van der Waals surface area contributed by atoms with E-state index in [0.29, 0.717) is 0 Å². The number of hydrogen-bond acceptors (Lipinski definition) is 5. The van der Waals surface area contributed by atoms with E-state index in [4.69, 9.17) is 4.74 Å². The van der Waals surface area contributed by atoms with Gasteiger partial charge in [-0.3, -0.25) is 5.32 Å². The van der Waals surface area contributed by atoms with Crippen LogP contribution in [0.2, 0.25) is 0 Å². The maximum absolute atomic E-state index is 11.6. The summed E-state index contributed by atoms with van der Waals surface area (Å²) < 4.78 is 9.59. The topological polar surface area (TPSA) is 67.9 Å². The molecule has 0 saturated heterocycles. The van der Waals surface area contributed by atoms with Crippen molar-refractivity contribution in [3.63, 3.8) is 0 Å². The maximum atomic E-state index is 11.6. The molecule has 1 amide bonds. The minimum Gasteiger partial charge on any atom is -0.464 e. The summed E-state index contributed by atoms with van der Waals surface area (Å²) in [4.78, 5) is 24.7. The molecule has 0 fully saturated rings. The lowest BCUT2D eigenvalue weighted by molar-refractivity contribution is -0.136. The first kappa shape index (κ1) is 15.6. The molecule has 0 spiro atoms. The SMILES string of the molecule is COC(=O)/C(=C/N(C)C)NC(=O)OCc1ccccc1. The highest BCUT2D eigenvalue weighted by Gasteiger charge is 2.14. The summed E-state index contributed by atoms with van der Waals surface area (Å²) >= 11 is 0. The molecule has 0 aromatic heterocycles. The van der Waals surface area contributed by atoms with Crippen LogP contribution in [0.15, 0.2) is 42.2 Å². The summed E-state index contributed by atoms with van der Waals surface area (Å²) in [5, 5.41) is 2.35. The van der Waals surface area contributed by atoms with Crippen LogP contribution < -0.4 is 5.32 Å². The monoisotopic (exact) mass is 278 g/mol. The van der Waals surface area contributed by atoms with Crippen LogP contribution in [0.3, 0.4) is 0 Å². The molecule has 0 aliphatic rings. The second-order valence-electron chi connectivity index (χ2n) is 4.18.